The molecule has 0 fully saturated rings. The SMILES string of the molecule is Cc1nnc(Oc2cc(F)cc(Br)c2)c(CN)c1C. The zero-order chi connectivity index (χ0) is 14.0. The van der Waals surface area contributed by atoms with E-state index in [1.165, 1.54) is 12.1 Å². The molecule has 2 rings (SSSR count). The molecule has 0 aliphatic carbocycles. The summed E-state index contributed by atoms with van der Waals surface area (Å²) in [5.74, 6) is 0.262. The third-order valence-corrected chi connectivity index (χ3v) is 3.26. The van der Waals surface area contributed by atoms with Gasteiger partial charge in [-0.25, -0.2) is 4.39 Å². The van der Waals surface area contributed by atoms with Gasteiger partial charge in [0.25, 0.3) is 0 Å². The summed E-state index contributed by atoms with van der Waals surface area (Å²) in [6, 6.07) is 4.28. The van der Waals surface area contributed by atoms with Crippen LogP contribution in [0.1, 0.15) is 16.8 Å². The van der Waals surface area contributed by atoms with Crippen LogP contribution in [0.3, 0.4) is 0 Å². The van der Waals surface area contributed by atoms with Gasteiger partial charge in [-0.05, 0) is 31.5 Å². The number of nitrogens with zero attached hydrogens (tertiary/aromatic N) is 2. The minimum atomic E-state index is -0.393. The topological polar surface area (TPSA) is 61.0 Å². The van der Waals surface area contributed by atoms with E-state index in [1.54, 1.807) is 6.07 Å². The fraction of sp³-hybridized carbons (Fsp3) is 0.231. The number of hydrogen-bond acceptors (Lipinski definition) is 4. The molecular formula is C13H13BrFN3O. The lowest BCUT2D eigenvalue weighted by molar-refractivity contribution is 0.442. The Balaban J connectivity index is 2.40. The van der Waals surface area contributed by atoms with Crippen LogP contribution in [0.25, 0.3) is 0 Å². The van der Waals surface area contributed by atoms with Gasteiger partial charge in [0.1, 0.15) is 11.6 Å². The Kier molecular flexibility index (Phi) is 4.11. The van der Waals surface area contributed by atoms with Crippen LogP contribution in [-0.4, -0.2) is 10.2 Å². The molecule has 100 valence electrons. The van der Waals surface area contributed by atoms with Crippen LogP contribution in [0.2, 0.25) is 0 Å². The highest BCUT2D eigenvalue weighted by atomic mass is 79.9. The smallest absolute Gasteiger partial charge is 0.243 e. The van der Waals surface area contributed by atoms with Crippen LogP contribution in [0.5, 0.6) is 11.6 Å². The average Bonchev–Trinajstić information content (AvgIpc) is 2.33. The zero-order valence-electron chi connectivity index (χ0n) is 10.6. The molecule has 2 aromatic rings. The molecule has 0 atom stereocenters. The van der Waals surface area contributed by atoms with E-state index in [4.69, 9.17) is 10.5 Å². The van der Waals surface area contributed by atoms with Crippen molar-refractivity contribution in [2.24, 2.45) is 5.73 Å². The lowest BCUT2D eigenvalue weighted by Crippen LogP contribution is -2.07. The quantitative estimate of drug-likeness (QED) is 0.941. The number of nitrogens with two attached hydrogens (primary N) is 1. The van der Waals surface area contributed by atoms with Gasteiger partial charge >= 0.3 is 0 Å². The maximum absolute atomic E-state index is 13.3. The summed E-state index contributed by atoms with van der Waals surface area (Å²) in [5, 5.41) is 7.97. The molecule has 0 aliphatic heterocycles. The summed E-state index contributed by atoms with van der Waals surface area (Å²) in [5.41, 5.74) is 8.21. The molecule has 0 unspecified atom stereocenters. The first-order valence-corrected chi connectivity index (χ1v) is 6.47. The Labute approximate surface area is 118 Å². The number of hydrogen-bond donors (Lipinski definition) is 1. The summed E-state index contributed by atoms with van der Waals surface area (Å²) in [6.45, 7) is 4.04. The largest absolute Gasteiger partial charge is 0.437 e. The molecule has 1 aromatic carbocycles. The third kappa shape index (κ3) is 3.08. The predicted octanol–water partition coefficient (Wildman–Crippen LogP) is 3.25. The van der Waals surface area contributed by atoms with Crippen LogP contribution in [-0.2, 0) is 6.54 Å². The first kappa shape index (κ1) is 13.9. The summed E-state index contributed by atoms with van der Waals surface area (Å²) in [6.07, 6.45) is 0. The van der Waals surface area contributed by atoms with Crippen LogP contribution in [0.15, 0.2) is 22.7 Å². The standard InChI is InChI=1S/C13H13BrFN3O/c1-7-8(2)17-18-13(12(7)6-16)19-11-4-9(14)3-10(15)5-11/h3-5H,6,16H2,1-2H3. The molecule has 2 N–H and O–H groups in total. The predicted molar refractivity (Wildman–Crippen MR) is 73.6 cm³/mol. The van der Waals surface area contributed by atoms with E-state index in [9.17, 15) is 4.39 Å². The van der Waals surface area contributed by atoms with Crippen LogP contribution in [0.4, 0.5) is 4.39 Å². The molecule has 1 heterocycles. The van der Waals surface area contributed by atoms with E-state index >= 15 is 0 Å². The van der Waals surface area contributed by atoms with Gasteiger partial charge in [-0.3, -0.25) is 0 Å². The van der Waals surface area contributed by atoms with Crippen LogP contribution < -0.4 is 10.5 Å². The Morgan fingerprint density at radius 1 is 1.26 bits per heavy atom. The molecular weight excluding hydrogens is 313 g/mol. The molecule has 1 aromatic heterocycles. The van der Waals surface area contributed by atoms with E-state index in [1.807, 2.05) is 13.8 Å². The Morgan fingerprint density at radius 3 is 2.63 bits per heavy atom. The third-order valence-electron chi connectivity index (χ3n) is 2.80. The van der Waals surface area contributed by atoms with E-state index in [2.05, 4.69) is 26.1 Å². The van der Waals surface area contributed by atoms with Crippen molar-refractivity contribution in [3.63, 3.8) is 0 Å². The Morgan fingerprint density at radius 2 is 2.00 bits per heavy atom. The van der Waals surface area contributed by atoms with Crippen molar-refractivity contribution in [1.29, 1.82) is 0 Å². The van der Waals surface area contributed by atoms with Crippen molar-refractivity contribution in [2.45, 2.75) is 20.4 Å². The minimum absolute atomic E-state index is 0.286. The van der Waals surface area contributed by atoms with Gasteiger partial charge in [0.2, 0.25) is 5.88 Å². The average molecular weight is 326 g/mol. The van der Waals surface area contributed by atoms with Crippen molar-refractivity contribution >= 4 is 15.9 Å². The molecule has 19 heavy (non-hydrogen) atoms. The van der Waals surface area contributed by atoms with Crippen molar-refractivity contribution in [1.82, 2.24) is 10.2 Å². The Bertz CT molecular complexity index is 599. The summed E-state index contributed by atoms with van der Waals surface area (Å²) in [7, 11) is 0. The van der Waals surface area contributed by atoms with Crippen molar-refractivity contribution < 1.29 is 9.13 Å². The summed E-state index contributed by atoms with van der Waals surface area (Å²) >= 11 is 3.21. The van der Waals surface area contributed by atoms with Gasteiger partial charge in [0, 0.05) is 22.6 Å². The van der Waals surface area contributed by atoms with Gasteiger partial charge < -0.3 is 10.5 Å². The first-order chi connectivity index (χ1) is 9.01. The highest BCUT2D eigenvalue weighted by molar-refractivity contribution is 9.10. The number of aryl methyl sites for hydroxylation is 1. The Hall–Kier alpha value is -1.53. The van der Waals surface area contributed by atoms with Crippen LogP contribution in [0, 0.1) is 19.7 Å². The van der Waals surface area contributed by atoms with E-state index in [-0.39, 0.29) is 6.54 Å². The van der Waals surface area contributed by atoms with E-state index in [0.717, 1.165) is 16.8 Å². The van der Waals surface area contributed by atoms with E-state index < -0.39 is 5.82 Å². The second-order valence-corrected chi connectivity index (χ2v) is 5.02. The fourth-order valence-electron chi connectivity index (χ4n) is 1.66. The second-order valence-electron chi connectivity index (χ2n) is 4.11. The highest BCUT2D eigenvalue weighted by Crippen LogP contribution is 2.28. The maximum Gasteiger partial charge on any atom is 0.243 e. The van der Waals surface area contributed by atoms with Crippen molar-refractivity contribution in [3.05, 3.63) is 45.3 Å². The molecule has 0 radical (unpaired) electrons. The number of halogens is 2. The molecule has 0 aliphatic rings. The van der Waals surface area contributed by atoms with Gasteiger partial charge in [-0.1, -0.05) is 15.9 Å². The molecule has 4 nitrogen and oxygen atoms in total. The van der Waals surface area contributed by atoms with Gasteiger partial charge in [-0.2, -0.15) is 5.10 Å². The number of ether oxygens (including phenoxy) is 1. The lowest BCUT2D eigenvalue weighted by Gasteiger charge is -2.12. The van der Waals surface area contributed by atoms with Gasteiger partial charge in [-0.15, -0.1) is 5.10 Å². The maximum atomic E-state index is 13.3. The minimum Gasteiger partial charge on any atom is -0.437 e. The number of rotatable bonds is 3. The van der Waals surface area contributed by atoms with Gasteiger partial charge in [0.05, 0.1) is 5.69 Å². The molecule has 0 spiro atoms. The monoisotopic (exact) mass is 325 g/mol. The molecule has 0 amide bonds. The highest BCUT2D eigenvalue weighted by Gasteiger charge is 2.12. The molecule has 0 saturated carbocycles. The first-order valence-electron chi connectivity index (χ1n) is 5.68. The van der Waals surface area contributed by atoms with Gasteiger partial charge in [0.15, 0.2) is 0 Å². The molecule has 0 bridgehead atoms. The second kappa shape index (κ2) is 5.63. The van der Waals surface area contributed by atoms with E-state index in [0.29, 0.717) is 16.1 Å². The zero-order valence-corrected chi connectivity index (χ0v) is 12.2. The fourth-order valence-corrected chi connectivity index (χ4v) is 2.10. The number of benzene rings is 1. The molecule has 0 saturated heterocycles. The van der Waals surface area contributed by atoms with Crippen LogP contribution >= 0.6 is 15.9 Å². The summed E-state index contributed by atoms with van der Waals surface area (Å²) < 4.78 is 19.5. The lowest BCUT2D eigenvalue weighted by atomic mass is 10.1. The number of aromatic nitrogens is 2. The van der Waals surface area contributed by atoms with Crippen molar-refractivity contribution in [3.8, 4) is 11.6 Å². The normalized spacial score (nSPS) is 10.6. The molecule has 6 heteroatoms. The summed E-state index contributed by atoms with van der Waals surface area (Å²) in [4.78, 5) is 0. The van der Waals surface area contributed by atoms with Crippen molar-refractivity contribution in [2.75, 3.05) is 0 Å².